The summed E-state index contributed by atoms with van der Waals surface area (Å²) in [7, 11) is 0. The molecule has 3 heterocycles. The van der Waals surface area contributed by atoms with Crippen LogP contribution in [0.2, 0.25) is 0 Å². The first-order valence-corrected chi connectivity index (χ1v) is 20.7. The normalized spacial score (nSPS) is 16.0. The molecule has 1 atom stereocenters. The summed E-state index contributed by atoms with van der Waals surface area (Å²) in [5.74, 6) is 0.650. The third kappa shape index (κ3) is 13.1. The van der Waals surface area contributed by atoms with Gasteiger partial charge in [-0.1, -0.05) is 48.7 Å². The summed E-state index contributed by atoms with van der Waals surface area (Å²) in [6.45, 7) is 5.36. The largest absolute Gasteiger partial charge is 0.416 e. The molecule has 17 heteroatoms. The highest BCUT2D eigenvalue weighted by molar-refractivity contribution is 5.90. The molecule has 6 rings (SSSR count). The van der Waals surface area contributed by atoms with Crippen LogP contribution in [0.4, 0.5) is 24.9 Å². The van der Waals surface area contributed by atoms with Gasteiger partial charge in [-0.3, -0.25) is 14.3 Å². The van der Waals surface area contributed by atoms with E-state index in [0.29, 0.717) is 55.8 Å². The van der Waals surface area contributed by atoms with E-state index in [-0.39, 0.29) is 31.3 Å². The van der Waals surface area contributed by atoms with Crippen molar-refractivity contribution < 1.29 is 22.8 Å². The molecular weight excluding hydrogens is 750 g/mol. The van der Waals surface area contributed by atoms with Crippen molar-refractivity contribution >= 4 is 34.5 Å². The Kier molecular flexibility index (Phi) is 15.6. The highest BCUT2D eigenvalue weighted by Crippen LogP contribution is 2.29. The second kappa shape index (κ2) is 21.2. The Balaban J connectivity index is 0.889. The molecule has 58 heavy (non-hydrogen) atoms. The molecule has 2 aromatic carbocycles. The van der Waals surface area contributed by atoms with E-state index in [1.165, 1.54) is 44.2 Å². The summed E-state index contributed by atoms with van der Waals surface area (Å²) in [5.41, 5.74) is 7.40. The van der Waals surface area contributed by atoms with E-state index in [0.717, 1.165) is 67.8 Å². The molecule has 0 spiro atoms. The molecule has 2 amide bonds. The molecule has 0 bridgehead atoms. The fourth-order valence-electron chi connectivity index (χ4n) is 7.45. The zero-order chi connectivity index (χ0) is 40.7. The van der Waals surface area contributed by atoms with Gasteiger partial charge in [0.1, 0.15) is 11.5 Å². The Morgan fingerprint density at radius 2 is 1.64 bits per heavy atom. The monoisotopic (exact) mass is 806 g/mol. The predicted molar refractivity (Wildman–Crippen MR) is 218 cm³/mol. The number of benzene rings is 2. The lowest BCUT2D eigenvalue weighted by Gasteiger charge is -2.33. The van der Waals surface area contributed by atoms with Crippen molar-refractivity contribution in [2.45, 2.75) is 115 Å². The number of anilines is 2. The summed E-state index contributed by atoms with van der Waals surface area (Å²) in [5, 5.41) is 26.3. The van der Waals surface area contributed by atoms with E-state index in [4.69, 9.17) is 15.7 Å². The molecule has 7 N–H and O–H groups in total. The van der Waals surface area contributed by atoms with Crippen LogP contribution in [0.25, 0.3) is 10.9 Å². The van der Waals surface area contributed by atoms with Gasteiger partial charge in [0.25, 0.3) is 0 Å². The summed E-state index contributed by atoms with van der Waals surface area (Å²) in [4.78, 5) is 36.9. The van der Waals surface area contributed by atoms with Crippen molar-refractivity contribution in [3.63, 3.8) is 0 Å². The first kappa shape index (κ1) is 42.7. The SMILES string of the molecule is N[C@@H](CCC(=O)N1CCC(Nc2nc(NCc3cn(CCCNCCCNC4CCCCC4)nn3)nc3ccccc23)CC1)C(=O)NCc1ccc(C(F)(F)F)cc1. The molecule has 2 fully saturated rings. The van der Waals surface area contributed by atoms with Crippen LogP contribution in [-0.2, 0) is 35.4 Å². The van der Waals surface area contributed by atoms with Crippen molar-refractivity contribution in [1.82, 2.24) is 45.8 Å². The van der Waals surface area contributed by atoms with Gasteiger partial charge in [0, 0.05) is 50.1 Å². The molecule has 0 radical (unpaired) electrons. The minimum absolute atomic E-state index is 0.0400. The number of piperidine rings is 1. The number of halogens is 3. The number of hydrogen-bond acceptors (Lipinski definition) is 11. The van der Waals surface area contributed by atoms with Gasteiger partial charge >= 0.3 is 6.18 Å². The number of likely N-dealkylation sites (tertiary alicyclic amines) is 1. The highest BCUT2D eigenvalue weighted by Gasteiger charge is 2.30. The average Bonchev–Trinajstić information content (AvgIpc) is 3.70. The lowest BCUT2D eigenvalue weighted by Crippen LogP contribution is -2.44. The van der Waals surface area contributed by atoms with Crippen LogP contribution in [0.15, 0.2) is 54.7 Å². The number of aromatic nitrogens is 5. The predicted octanol–water partition coefficient (Wildman–Crippen LogP) is 4.97. The molecule has 0 unspecified atom stereocenters. The van der Waals surface area contributed by atoms with Crippen LogP contribution < -0.4 is 32.3 Å². The second-order valence-electron chi connectivity index (χ2n) is 15.3. The number of nitrogens with one attached hydrogen (secondary N) is 5. The van der Waals surface area contributed by atoms with Crippen LogP contribution in [-0.4, -0.2) is 92.5 Å². The molecule has 2 aliphatic rings. The van der Waals surface area contributed by atoms with E-state index in [1.54, 1.807) is 4.90 Å². The van der Waals surface area contributed by atoms with E-state index in [2.05, 4.69) is 36.9 Å². The van der Waals surface area contributed by atoms with E-state index < -0.39 is 23.7 Å². The number of rotatable bonds is 20. The number of amides is 2. The topological polar surface area (TPSA) is 180 Å². The maximum absolute atomic E-state index is 13.0. The standard InChI is InChI=1S/C41H57F3N12O2/c42-41(43,44)30-14-12-29(13-15-30)26-48-39(58)35(45)16-17-37(57)55-24-18-32(19-25-55)50-38-34-10-4-5-11-36(34)51-40(52-38)49-27-33-28-56(54-53-33)23-7-21-46-20-6-22-47-31-8-2-1-3-9-31/h4-5,10-15,28,31-32,35,46-47H,1-3,6-9,16-27,45H2,(H,48,58)(H2,49,50,51,52)/t35-/m0/s1. The molecule has 1 saturated carbocycles. The number of carbonyl (C=O) groups is 2. The van der Waals surface area contributed by atoms with Gasteiger partial charge in [0.05, 0.1) is 29.9 Å². The first-order valence-electron chi connectivity index (χ1n) is 20.7. The number of hydrogen-bond donors (Lipinski definition) is 6. The molecule has 2 aromatic heterocycles. The number of alkyl halides is 3. The smallest absolute Gasteiger partial charge is 0.367 e. The maximum Gasteiger partial charge on any atom is 0.416 e. The Morgan fingerprint density at radius 1 is 0.879 bits per heavy atom. The number of nitrogens with two attached hydrogens (primary N) is 1. The van der Waals surface area contributed by atoms with Gasteiger partial charge in [-0.15, -0.1) is 5.10 Å². The van der Waals surface area contributed by atoms with Crippen molar-refractivity contribution in [2.24, 2.45) is 5.73 Å². The lowest BCUT2D eigenvalue weighted by molar-refractivity contribution is -0.137. The fraction of sp³-hybridized carbons (Fsp3) is 0.561. The van der Waals surface area contributed by atoms with Crippen molar-refractivity contribution in [2.75, 3.05) is 43.4 Å². The third-order valence-electron chi connectivity index (χ3n) is 10.9. The highest BCUT2D eigenvalue weighted by atomic mass is 19.4. The zero-order valence-corrected chi connectivity index (χ0v) is 33.1. The minimum atomic E-state index is -4.43. The van der Waals surface area contributed by atoms with Gasteiger partial charge in [0.15, 0.2) is 0 Å². The minimum Gasteiger partial charge on any atom is -0.367 e. The number of aryl methyl sites for hydroxylation is 1. The number of fused-ring (bicyclic) bond motifs is 1. The summed E-state index contributed by atoms with van der Waals surface area (Å²) in [6, 6.07) is 12.3. The quantitative estimate of drug-likeness (QED) is 0.0665. The van der Waals surface area contributed by atoms with Crippen molar-refractivity contribution in [1.29, 1.82) is 0 Å². The maximum atomic E-state index is 13.0. The summed E-state index contributed by atoms with van der Waals surface area (Å²) in [6.07, 6.45) is 8.06. The molecule has 314 valence electrons. The second-order valence-corrected chi connectivity index (χ2v) is 15.3. The lowest BCUT2D eigenvalue weighted by atomic mass is 9.95. The molecule has 14 nitrogen and oxygen atoms in total. The summed E-state index contributed by atoms with van der Waals surface area (Å²) >= 11 is 0. The number of para-hydroxylation sites is 1. The van der Waals surface area contributed by atoms with Crippen LogP contribution in [0.5, 0.6) is 0 Å². The summed E-state index contributed by atoms with van der Waals surface area (Å²) < 4.78 is 40.3. The van der Waals surface area contributed by atoms with Crippen LogP contribution in [0.3, 0.4) is 0 Å². The van der Waals surface area contributed by atoms with Gasteiger partial charge in [-0.2, -0.15) is 18.2 Å². The molecular formula is C41H57F3N12O2. The Bertz CT molecular complexity index is 1890. The number of nitrogens with zero attached hydrogens (tertiary/aromatic N) is 6. The zero-order valence-electron chi connectivity index (χ0n) is 33.1. The fourth-order valence-corrected chi connectivity index (χ4v) is 7.45. The average molecular weight is 807 g/mol. The van der Waals surface area contributed by atoms with Crippen LogP contribution in [0, 0.1) is 0 Å². The molecule has 1 aliphatic heterocycles. The van der Waals surface area contributed by atoms with Crippen LogP contribution in [0.1, 0.15) is 87.4 Å². The van der Waals surface area contributed by atoms with E-state index in [1.807, 2.05) is 35.1 Å². The molecule has 4 aromatic rings. The Morgan fingerprint density at radius 3 is 2.41 bits per heavy atom. The van der Waals surface area contributed by atoms with Crippen LogP contribution >= 0.6 is 0 Å². The van der Waals surface area contributed by atoms with Gasteiger partial charge in [-0.25, -0.2) is 4.98 Å². The van der Waals surface area contributed by atoms with Crippen molar-refractivity contribution in [3.05, 3.63) is 71.5 Å². The van der Waals surface area contributed by atoms with Gasteiger partial charge in [0.2, 0.25) is 17.8 Å². The van der Waals surface area contributed by atoms with Gasteiger partial charge in [-0.05, 0) is 94.4 Å². The molecule has 1 aliphatic carbocycles. The first-order chi connectivity index (χ1) is 28.1. The molecule has 1 saturated heterocycles. The Labute approximate surface area is 337 Å². The van der Waals surface area contributed by atoms with Crippen molar-refractivity contribution in [3.8, 4) is 0 Å². The van der Waals surface area contributed by atoms with E-state index in [9.17, 15) is 22.8 Å². The Hall–Kier alpha value is -4.87. The van der Waals surface area contributed by atoms with Gasteiger partial charge < -0.3 is 37.2 Å². The number of carbonyl (C=O) groups excluding carboxylic acids is 2. The third-order valence-corrected chi connectivity index (χ3v) is 10.9. The van der Waals surface area contributed by atoms with E-state index >= 15 is 0 Å².